The van der Waals surface area contributed by atoms with E-state index in [1.807, 2.05) is 6.07 Å². The number of nitrogens with one attached hydrogen (secondary N) is 1. The molecular formula is C12H15NO4S. The van der Waals surface area contributed by atoms with E-state index in [1.165, 1.54) is 6.08 Å². The van der Waals surface area contributed by atoms with E-state index in [2.05, 4.69) is 4.72 Å². The lowest BCUT2D eigenvalue weighted by Gasteiger charge is -2.09. The molecule has 0 aliphatic heterocycles. The normalized spacial score (nSPS) is 13.6. The van der Waals surface area contributed by atoms with Gasteiger partial charge in [0.1, 0.15) is 6.04 Å². The summed E-state index contributed by atoms with van der Waals surface area (Å²) >= 11 is 0. The summed E-state index contributed by atoms with van der Waals surface area (Å²) < 4.78 is 25.3. The van der Waals surface area contributed by atoms with Crippen LogP contribution in [0, 0.1) is 0 Å². The molecule has 0 heterocycles. The van der Waals surface area contributed by atoms with Gasteiger partial charge >= 0.3 is 5.97 Å². The Hall–Kier alpha value is -1.66. The van der Waals surface area contributed by atoms with E-state index >= 15 is 0 Å². The van der Waals surface area contributed by atoms with Gasteiger partial charge in [-0.25, -0.2) is 8.42 Å². The molecule has 1 unspecified atom stereocenters. The smallest absolute Gasteiger partial charge is 0.321 e. The predicted molar refractivity (Wildman–Crippen MR) is 69.2 cm³/mol. The first kappa shape index (κ1) is 14.4. The van der Waals surface area contributed by atoms with Crippen LogP contribution < -0.4 is 4.72 Å². The van der Waals surface area contributed by atoms with Crippen LogP contribution in [-0.4, -0.2) is 25.5 Å². The molecule has 0 aromatic heterocycles. The second kappa shape index (κ2) is 6.32. The highest BCUT2D eigenvalue weighted by molar-refractivity contribution is 7.92. The molecule has 0 saturated heterocycles. The molecule has 1 atom stereocenters. The minimum Gasteiger partial charge on any atom is -0.480 e. The molecule has 0 saturated carbocycles. The molecule has 2 N–H and O–H groups in total. The number of sulfonamides is 1. The van der Waals surface area contributed by atoms with E-state index in [4.69, 9.17) is 5.11 Å². The summed E-state index contributed by atoms with van der Waals surface area (Å²) in [6, 6.07) is 7.79. The van der Waals surface area contributed by atoms with Crippen LogP contribution in [0.2, 0.25) is 0 Å². The highest BCUT2D eigenvalue weighted by Gasteiger charge is 2.20. The molecule has 5 nitrogen and oxygen atoms in total. The van der Waals surface area contributed by atoms with E-state index in [0.717, 1.165) is 11.0 Å². The fraction of sp³-hybridized carbons (Fsp3) is 0.250. The molecule has 0 bridgehead atoms. The lowest BCUT2D eigenvalue weighted by atomic mass is 10.2. The van der Waals surface area contributed by atoms with Crippen LogP contribution in [0.3, 0.4) is 0 Å². The Kier molecular flexibility index (Phi) is 5.06. The van der Waals surface area contributed by atoms with Gasteiger partial charge in [-0.1, -0.05) is 37.3 Å². The molecule has 0 aliphatic rings. The number of hydrogen-bond acceptors (Lipinski definition) is 3. The summed E-state index contributed by atoms with van der Waals surface area (Å²) in [7, 11) is -3.75. The number of carboxylic acids is 1. The third kappa shape index (κ3) is 4.68. The summed E-state index contributed by atoms with van der Waals surface area (Å²) in [6.07, 6.45) is 1.60. The van der Waals surface area contributed by atoms with Gasteiger partial charge in [0.15, 0.2) is 0 Å². The first-order valence-electron chi connectivity index (χ1n) is 5.43. The lowest BCUT2D eigenvalue weighted by Crippen LogP contribution is -2.39. The van der Waals surface area contributed by atoms with Gasteiger partial charge in [0.25, 0.3) is 0 Å². The monoisotopic (exact) mass is 269 g/mol. The van der Waals surface area contributed by atoms with Crippen molar-refractivity contribution in [1.82, 2.24) is 4.72 Å². The van der Waals surface area contributed by atoms with Crippen molar-refractivity contribution < 1.29 is 18.3 Å². The van der Waals surface area contributed by atoms with Crippen molar-refractivity contribution in [3.63, 3.8) is 0 Å². The molecule has 1 rings (SSSR count). The van der Waals surface area contributed by atoms with Crippen molar-refractivity contribution in [2.75, 3.05) is 0 Å². The van der Waals surface area contributed by atoms with Crippen LogP contribution in [0.1, 0.15) is 18.9 Å². The zero-order chi connectivity index (χ0) is 13.6. The fourth-order valence-corrected chi connectivity index (χ4v) is 2.36. The first-order chi connectivity index (χ1) is 8.44. The SMILES string of the molecule is CCC(NS(=O)(=O)/C=C/c1ccccc1)C(=O)O. The Morgan fingerprint density at radius 3 is 2.50 bits per heavy atom. The van der Waals surface area contributed by atoms with Crippen molar-refractivity contribution in [2.24, 2.45) is 0 Å². The number of carbonyl (C=O) groups is 1. The molecule has 6 heteroatoms. The van der Waals surface area contributed by atoms with Crippen LogP contribution in [-0.2, 0) is 14.8 Å². The second-order valence-electron chi connectivity index (χ2n) is 3.68. The number of hydrogen-bond donors (Lipinski definition) is 2. The van der Waals surface area contributed by atoms with Gasteiger partial charge in [-0.2, -0.15) is 4.72 Å². The first-order valence-corrected chi connectivity index (χ1v) is 6.97. The van der Waals surface area contributed by atoms with Gasteiger partial charge in [0.2, 0.25) is 10.0 Å². The van der Waals surface area contributed by atoms with E-state index in [1.54, 1.807) is 31.2 Å². The third-order valence-electron chi connectivity index (χ3n) is 2.25. The molecule has 0 amide bonds. The van der Waals surface area contributed by atoms with Crippen molar-refractivity contribution >= 4 is 22.1 Å². The van der Waals surface area contributed by atoms with Crippen LogP contribution >= 0.6 is 0 Å². The zero-order valence-corrected chi connectivity index (χ0v) is 10.7. The van der Waals surface area contributed by atoms with E-state index in [-0.39, 0.29) is 6.42 Å². The average Bonchev–Trinajstić information content (AvgIpc) is 2.35. The molecule has 0 radical (unpaired) electrons. The summed E-state index contributed by atoms with van der Waals surface area (Å²) in [6.45, 7) is 1.60. The van der Waals surface area contributed by atoms with Gasteiger partial charge in [0, 0.05) is 5.41 Å². The largest absolute Gasteiger partial charge is 0.480 e. The molecule has 0 spiro atoms. The predicted octanol–water partition coefficient (Wildman–Crippen LogP) is 1.44. The summed E-state index contributed by atoms with van der Waals surface area (Å²) in [5.41, 5.74) is 0.728. The van der Waals surface area contributed by atoms with Gasteiger partial charge in [-0.05, 0) is 18.1 Å². The summed E-state index contributed by atoms with van der Waals surface area (Å²) in [5.74, 6) is -1.19. The summed E-state index contributed by atoms with van der Waals surface area (Å²) in [4.78, 5) is 10.7. The van der Waals surface area contributed by atoms with Crippen LogP contribution in [0.15, 0.2) is 35.7 Å². The van der Waals surface area contributed by atoms with Crippen LogP contribution in [0.4, 0.5) is 0 Å². The highest BCUT2D eigenvalue weighted by Crippen LogP contribution is 2.04. The molecular weight excluding hydrogens is 254 g/mol. The maximum absolute atomic E-state index is 11.6. The van der Waals surface area contributed by atoms with Crippen molar-refractivity contribution in [3.8, 4) is 0 Å². The maximum Gasteiger partial charge on any atom is 0.321 e. The van der Waals surface area contributed by atoms with Gasteiger partial charge in [0.05, 0.1) is 0 Å². The Bertz CT molecular complexity index is 522. The molecule has 98 valence electrons. The number of benzene rings is 1. The second-order valence-corrected chi connectivity index (χ2v) is 5.27. The third-order valence-corrected chi connectivity index (χ3v) is 3.36. The van der Waals surface area contributed by atoms with Crippen molar-refractivity contribution in [3.05, 3.63) is 41.3 Å². The van der Waals surface area contributed by atoms with Gasteiger partial charge in [-0.15, -0.1) is 0 Å². The van der Waals surface area contributed by atoms with Gasteiger partial charge in [-0.3, -0.25) is 4.79 Å². The average molecular weight is 269 g/mol. The van der Waals surface area contributed by atoms with Crippen molar-refractivity contribution in [1.29, 1.82) is 0 Å². The Morgan fingerprint density at radius 1 is 1.39 bits per heavy atom. The standard InChI is InChI=1S/C12H15NO4S/c1-2-11(12(14)15)13-18(16,17)9-8-10-6-4-3-5-7-10/h3-9,11,13H,2H2,1H3,(H,14,15)/b9-8+. The van der Waals surface area contributed by atoms with E-state index in [9.17, 15) is 13.2 Å². The Labute approximate surface area is 106 Å². The summed E-state index contributed by atoms with van der Waals surface area (Å²) in [5, 5.41) is 9.74. The molecule has 1 aromatic carbocycles. The quantitative estimate of drug-likeness (QED) is 0.818. The van der Waals surface area contributed by atoms with Gasteiger partial charge < -0.3 is 5.11 Å². The van der Waals surface area contributed by atoms with Crippen molar-refractivity contribution in [2.45, 2.75) is 19.4 Å². The molecule has 1 aromatic rings. The molecule has 0 aliphatic carbocycles. The molecule has 0 fully saturated rings. The fourth-order valence-electron chi connectivity index (χ4n) is 1.28. The van der Waals surface area contributed by atoms with E-state index in [0.29, 0.717) is 0 Å². The number of aliphatic carboxylic acids is 1. The van der Waals surface area contributed by atoms with Crippen LogP contribution in [0.5, 0.6) is 0 Å². The zero-order valence-electron chi connectivity index (χ0n) is 9.91. The topological polar surface area (TPSA) is 83.5 Å². The lowest BCUT2D eigenvalue weighted by molar-refractivity contribution is -0.139. The number of carboxylic acid groups (broad SMARTS) is 1. The highest BCUT2D eigenvalue weighted by atomic mass is 32.2. The molecule has 18 heavy (non-hydrogen) atoms. The maximum atomic E-state index is 11.6. The number of rotatable bonds is 6. The van der Waals surface area contributed by atoms with Crippen LogP contribution in [0.25, 0.3) is 6.08 Å². The minimum atomic E-state index is -3.75. The van der Waals surface area contributed by atoms with E-state index < -0.39 is 22.0 Å². The Morgan fingerprint density at radius 2 is 2.00 bits per heavy atom. The Balaban J connectivity index is 2.77. The minimum absolute atomic E-state index is 0.188.